The smallest absolute Gasteiger partial charge is 0.407 e. The first kappa shape index (κ1) is 23.4. The Morgan fingerprint density at radius 3 is 2.50 bits per heavy atom. The molecule has 1 fully saturated rings. The van der Waals surface area contributed by atoms with E-state index in [-0.39, 0.29) is 36.9 Å². The van der Waals surface area contributed by atoms with Crippen molar-refractivity contribution in [3.8, 4) is 0 Å². The van der Waals surface area contributed by atoms with Gasteiger partial charge in [-0.05, 0) is 47.4 Å². The lowest BCUT2D eigenvalue weighted by molar-refractivity contribution is -0.0202. The molecule has 0 spiro atoms. The van der Waals surface area contributed by atoms with Crippen LogP contribution in [0, 0.1) is 5.82 Å². The SMILES string of the molecule is O=C(NCc1ccccc1COC1CN(C(=O)O)CCC1c1ccc(F)cc1)c1ccccn1. The third-order valence-corrected chi connectivity index (χ3v) is 6.04. The zero-order chi connectivity index (χ0) is 23.9. The van der Waals surface area contributed by atoms with Crippen LogP contribution < -0.4 is 5.32 Å². The highest BCUT2D eigenvalue weighted by Gasteiger charge is 2.33. The molecule has 176 valence electrons. The average Bonchev–Trinajstić information content (AvgIpc) is 2.87. The number of halogens is 1. The molecular weight excluding hydrogens is 437 g/mol. The van der Waals surface area contributed by atoms with Gasteiger partial charge in [0.05, 0.1) is 19.3 Å². The van der Waals surface area contributed by atoms with Gasteiger partial charge in [-0.2, -0.15) is 0 Å². The number of rotatable bonds is 7. The van der Waals surface area contributed by atoms with Gasteiger partial charge in [0.15, 0.2) is 0 Å². The number of likely N-dealkylation sites (tertiary alicyclic amines) is 1. The van der Waals surface area contributed by atoms with E-state index < -0.39 is 6.09 Å². The minimum absolute atomic E-state index is 0.0489. The van der Waals surface area contributed by atoms with Gasteiger partial charge in [-0.15, -0.1) is 0 Å². The molecule has 0 radical (unpaired) electrons. The fraction of sp³-hybridized carbons (Fsp3) is 0.269. The summed E-state index contributed by atoms with van der Waals surface area (Å²) in [6, 6.07) is 19.1. The molecule has 8 heteroatoms. The summed E-state index contributed by atoms with van der Waals surface area (Å²) in [4.78, 5) is 29.3. The number of piperidine rings is 1. The standard InChI is InChI=1S/C26H26FN3O4/c27-21-10-8-18(9-11-21)22-12-14-30(26(32)33)16-24(22)34-17-20-6-2-1-5-19(20)15-29-25(31)23-7-3-4-13-28-23/h1-11,13,22,24H,12,14-17H2,(H,29,31)(H,32,33). The maximum absolute atomic E-state index is 13.4. The Hall–Kier alpha value is -3.78. The topological polar surface area (TPSA) is 91.8 Å². The first-order valence-electron chi connectivity index (χ1n) is 11.1. The van der Waals surface area contributed by atoms with E-state index in [2.05, 4.69) is 10.3 Å². The van der Waals surface area contributed by atoms with Crippen molar-refractivity contribution in [3.63, 3.8) is 0 Å². The number of aromatic nitrogens is 1. The minimum Gasteiger partial charge on any atom is -0.465 e. The Bertz CT molecular complexity index is 1120. The minimum atomic E-state index is -0.983. The number of ether oxygens (including phenoxy) is 1. The Morgan fingerprint density at radius 2 is 1.79 bits per heavy atom. The van der Waals surface area contributed by atoms with Gasteiger partial charge >= 0.3 is 6.09 Å². The molecule has 2 heterocycles. The Morgan fingerprint density at radius 1 is 1.06 bits per heavy atom. The van der Waals surface area contributed by atoms with Gasteiger partial charge in [0.2, 0.25) is 0 Å². The molecule has 2 aromatic carbocycles. The van der Waals surface area contributed by atoms with Crippen LogP contribution in [0.5, 0.6) is 0 Å². The van der Waals surface area contributed by atoms with Gasteiger partial charge in [-0.3, -0.25) is 9.78 Å². The summed E-state index contributed by atoms with van der Waals surface area (Å²) in [5.41, 5.74) is 3.06. The van der Waals surface area contributed by atoms with Crippen LogP contribution in [0.1, 0.15) is 39.5 Å². The van der Waals surface area contributed by atoms with E-state index in [0.717, 1.165) is 16.7 Å². The van der Waals surface area contributed by atoms with Crippen LogP contribution in [0.25, 0.3) is 0 Å². The normalized spacial score (nSPS) is 17.9. The van der Waals surface area contributed by atoms with Crippen LogP contribution in [0.2, 0.25) is 0 Å². The monoisotopic (exact) mass is 463 g/mol. The molecule has 1 saturated heterocycles. The molecule has 1 aromatic heterocycles. The van der Waals surface area contributed by atoms with E-state index in [0.29, 0.717) is 25.2 Å². The molecule has 34 heavy (non-hydrogen) atoms. The van der Waals surface area contributed by atoms with E-state index in [1.165, 1.54) is 17.0 Å². The Kier molecular flexibility index (Phi) is 7.49. The van der Waals surface area contributed by atoms with Crippen molar-refractivity contribution in [2.75, 3.05) is 13.1 Å². The zero-order valence-electron chi connectivity index (χ0n) is 18.6. The molecule has 2 unspecified atom stereocenters. The molecule has 0 bridgehead atoms. The van der Waals surface area contributed by atoms with Crippen molar-refractivity contribution in [3.05, 3.63) is 101 Å². The number of carboxylic acid groups (broad SMARTS) is 1. The number of nitrogens with zero attached hydrogens (tertiary/aromatic N) is 2. The molecule has 0 saturated carbocycles. The summed E-state index contributed by atoms with van der Waals surface area (Å²) < 4.78 is 19.7. The average molecular weight is 464 g/mol. The van der Waals surface area contributed by atoms with Crippen LogP contribution in [0.15, 0.2) is 72.9 Å². The molecular formula is C26H26FN3O4. The van der Waals surface area contributed by atoms with E-state index in [9.17, 15) is 19.1 Å². The molecule has 2 N–H and O–H groups in total. The molecule has 7 nitrogen and oxygen atoms in total. The third kappa shape index (κ3) is 5.77. The summed E-state index contributed by atoms with van der Waals surface area (Å²) >= 11 is 0. The van der Waals surface area contributed by atoms with E-state index >= 15 is 0 Å². The number of amides is 2. The van der Waals surface area contributed by atoms with Gasteiger partial charge in [0.25, 0.3) is 5.91 Å². The predicted molar refractivity (Wildman–Crippen MR) is 124 cm³/mol. The maximum Gasteiger partial charge on any atom is 0.407 e. The summed E-state index contributed by atoms with van der Waals surface area (Å²) in [7, 11) is 0. The van der Waals surface area contributed by atoms with Gasteiger partial charge in [-0.1, -0.05) is 42.5 Å². The molecule has 1 aliphatic heterocycles. The third-order valence-electron chi connectivity index (χ3n) is 6.04. The second-order valence-electron chi connectivity index (χ2n) is 8.19. The van der Waals surface area contributed by atoms with Crippen molar-refractivity contribution in [1.29, 1.82) is 0 Å². The van der Waals surface area contributed by atoms with Crippen LogP contribution in [-0.4, -0.2) is 46.2 Å². The molecule has 2 amide bonds. The lowest BCUT2D eigenvalue weighted by Crippen LogP contribution is -2.46. The van der Waals surface area contributed by atoms with Crippen molar-refractivity contribution >= 4 is 12.0 Å². The van der Waals surface area contributed by atoms with E-state index in [1.54, 1.807) is 36.5 Å². The van der Waals surface area contributed by atoms with Crippen LogP contribution >= 0.6 is 0 Å². The van der Waals surface area contributed by atoms with Gasteiger partial charge in [0.1, 0.15) is 11.5 Å². The van der Waals surface area contributed by atoms with Crippen molar-refractivity contribution in [2.24, 2.45) is 0 Å². The highest BCUT2D eigenvalue weighted by molar-refractivity contribution is 5.92. The molecule has 1 aliphatic rings. The largest absolute Gasteiger partial charge is 0.465 e. The first-order chi connectivity index (χ1) is 16.5. The quantitative estimate of drug-likeness (QED) is 0.548. The summed E-state index contributed by atoms with van der Waals surface area (Å²) in [5, 5.41) is 12.3. The van der Waals surface area contributed by atoms with E-state index in [4.69, 9.17) is 4.74 Å². The summed E-state index contributed by atoms with van der Waals surface area (Å²) in [6.45, 7) is 1.19. The molecule has 0 aliphatic carbocycles. The highest BCUT2D eigenvalue weighted by Crippen LogP contribution is 2.31. The Balaban J connectivity index is 1.45. The summed E-state index contributed by atoms with van der Waals surface area (Å²) in [5.74, 6) is -0.629. The number of benzene rings is 2. The van der Waals surface area contributed by atoms with Gasteiger partial charge in [-0.25, -0.2) is 9.18 Å². The number of hydrogen-bond acceptors (Lipinski definition) is 4. The number of pyridine rings is 1. The van der Waals surface area contributed by atoms with Crippen molar-refractivity contribution in [1.82, 2.24) is 15.2 Å². The van der Waals surface area contributed by atoms with E-state index in [1.807, 2.05) is 24.3 Å². The predicted octanol–water partition coefficient (Wildman–Crippen LogP) is 4.20. The number of carbonyl (C=O) groups is 2. The fourth-order valence-corrected chi connectivity index (χ4v) is 4.18. The maximum atomic E-state index is 13.4. The lowest BCUT2D eigenvalue weighted by atomic mass is 9.87. The molecule has 4 rings (SSSR count). The lowest BCUT2D eigenvalue weighted by Gasteiger charge is -2.37. The van der Waals surface area contributed by atoms with Crippen LogP contribution in [0.4, 0.5) is 9.18 Å². The van der Waals surface area contributed by atoms with Crippen molar-refractivity contribution in [2.45, 2.75) is 31.6 Å². The molecule has 2 atom stereocenters. The zero-order valence-corrected chi connectivity index (χ0v) is 18.6. The fourth-order valence-electron chi connectivity index (χ4n) is 4.18. The van der Waals surface area contributed by atoms with Gasteiger partial charge < -0.3 is 20.1 Å². The van der Waals surface area contributed by atoms with Crippen LogP contribution in [0.3, 0.4) is 0 Å². The van der Waals surface area contributed by atoms with Crippen LogP contribution in [-0.2, 0) is 17.9 Å². The molecule has 3 aromatic rings. The highest BCUT2D eigenvalue weighted by atomic mass is 19.1. The first-order valence-corrected chi connectivity index (χ1v) is 11.1. The number of carbonyl (C=O) groups excluding carboxylic acids is 1. The second-order valence-corrected chi connectivity index (χ2v) is 8.19. The van der Waals surface area contributed by atoms with Gasteiger partial charge in [0, 0.05) is 25.2 Å². The van der Waals surface area contributed by atoms with Crippen molar-refractivity contribution < 1.29 is 23.8 Å². The number of nitrogens with one attached hydrogen (secondary N) is 1. The summed E-state index contributed by atoms with van der Waals surface area (Å²) in [6.07, 6.45) is 0.790. The number of hydrogen-bond donors (Lipinski definition) is 2. The second kappa shape index (κ2) is 10.9. The Labute approximate surface area is 197 Å².